The predicted molar refractivity (Wildman–Crippen MR) is 49.6 cm³/mol. The lowest BCUT2D eigenvalue weighted by atomic mass is 9.63. The van der Waals surface area contributed by atoms with Gasteiger partial charge in [-0.1, -0.05) is 6.92 Å². The van der Waals surface area contributed by atoms with Crippen LogP contribution in [0.4, 0.5) is 0 Å². The minimum Gasteiger partial charge on any atom is -0.327 e. The molecule has 3 aliphatic carbocycles. The van der Waals surface area contributed by atoms with E-state index in [2.05, 4.69) is 6.92 Å². The third kappa shape index (κ3) is 0.783. The van der Waals surface area contributed by atoms with Crippen LogP contribution in [0.3, 0.4) is 0 Å². The molecule has 12 heavy (non-hydrogen) atoms. The molecular formula is C11H19N. The summed E-state index contributed by atoms with van der Waals surface area (Å²) in [5, 5.41) is 0. The first kappa shape index (κ1) is 7.37. The van der Waals surface area contributed by atoms with Crippen LogP contribution in [0.2, 0.25) is 0 Å². The van der Waals surface area contributed by atoms with Gasteiger partial charge < -0.3 is 5.73 Å². The highest BCUT2D eigenvalue weighted by Gasteiger charge is 2.52. The van der Waals surface area contributed by atoms with E-state index in [0.29, 0.717) is 6.04 Å². The van der Waals surface area contributed by atoms with E-state index in [1.165, 1.54) is 25.7 Å². The zero-order valence-electron chi connectivity index (χ0n) is 7.87. The monoisotopic (exact) mass is 165 g/mol. The van der Waals surface area contributed by atoms with Crippen LogP contribution in [0.1, 0.15) is 32.6 Å². The molecule has 3 fully saturated rings. The fraction of sp³-hybridized carbons (Fsp3) is 1.00. The molecule has 0 amide bonds. The van der Waals surface area contributed by atoms with E-state index in [1.54, 1.807) is 0 Å². The quantitative estimate of drug-likeness (QED) is 0.584. The number of nitrogens with two attached hydrogens (primary N) is 1. The van der Waals surface area contributed by atoms with E-state index < -0.39 is 0 Å². The van der Waals surface area contributed by atoms with Crippen molar-refractivity contribution in [3.63, 3.8) is 0 Å². The van der Waals surface area contributed by atoms with Crippen LogP contribution < -0.4 is 5.73 Å². The zero-order chi connectivity index (χ0) is 8.29. The van der Waals surface area contributed by atoms with Gasteiger partial charge in [-0.2, -0.15) is 0 Å². The van der Waals surface area contributed by atoms with Crippen molar-refractivity contribution in [1.29, 1.82) is 0 Å². The standard InChI is InChI=1S/C11H19N/c1-6-2-7-3-8-4-9(11(6)12)5-10(7)8/h6-11H,2-5,12H2,1H3. The number of hydrogen-bond donors (Lipinski definition) is 1. The third-order valence-corrected chi connectivity index (χ3v) is 4.87. The fourth-order valence-electron chi connectivity index (χ4n) is 4.10. The maximum Gasteiger partial charge on any atom is 0.00933 e. The molecule has 6 atom stereocenters. The van der Waals surface area contributed by atoms with Crippen molar-refractivity contribution in [2.45, 2.75) is 38.6 Å². The Bertz CT molecular complexity index is 201. The summed E-state index contributed by atoms with van der Waals surface area (Å²) in [6, 6.07) is 0.530. The number of rotatable bonds is 0. The molecule has 0 spiro atoms. The molecule has 0 aliphatic heterocycles. The summed E-state index contributed by atoms with van der Waals surface area (Å²) in [6.07, 6.45) is 5.91. The Hall–Kier alpha value is -0.0400. The molecule has 6 unspecified atom stereocenters. The topological polar surface area (TPSA) is 26.0 Å². The fourth-order valence-corrected chi connectivity index (χ4v) is 4.10. The van der Waals surface area contributed by atoms with Gasteiger partial charge in [0, 0.05) is 6.04 Å². The molecule has 68 valence electrons. The molecule has 0 aromatic rings. The minimum atomic E-state index is 0.530. The van der Waals surface area contributed by atoms with E-state index in [-0.39, 0.29) is 0 Å². The Kier molecular flexibility index (Phi) is 1.39. The van der Waals surface area contributed by atoms with Gasteiger partial charge in [-0.15, -0.1) is 0 Å². The summed E-state index contributed by atoms with van der Waals surface area (Å²) >= 11 is 0. The van der Waals surface area contributed by atoms with Gasteiger partial charge in [0.2, 0.25) is 0 Å². The molecule has 0 heterocycles. The molecule has 1 nitrogen and oxygen atoms in total. The van der Waals surface area contributed by atoms with Crippen molar-refractivity contribution in [3.8, 4) is 0 Å². The van der Waals surface area contributed by atoms with Crippen LogP contribution in [0.5, 0.6) is 0 Å². The smallest absolute Gasteiger partial charge is 0.00933 e. The van der Waals surface area contributed by atoms with Crippen molar-refractivity contribution < 1.29 is 0 Å². The maximum absolute atomic E-state index is 6.24. The van der Waals surface area contributed by atoms with Crippen molar-refractivity contribution in [1.82, 2.24) is 0 Å². The van der Waals surface area contributed by atoms with Gasteiger partial charge in [0.1, 0.15) is 0 Å². The van der Waals surface area contributed by atoms with E-state index in [9.17, 15) is 0 Å². The molecule has 1 heteroatoms. The van der Waals surface area contributed by atoms with Crippen LogP contribution in [0.25, 0.3) is 0 Å². The maximum atomic E-state index is 6.24. The third-order valence-electron chi connectivity index (χ3n) is 4.87. The molecule has 0 aromatic heterocycles. The van der Waals surface area contributed by atoms with E-state index in [1.807, 2.05) is 0 Å². The number of fused-ring (bicyclic) bond motifs is 1. The molecule has 0 aromatic carbocycles. The van der Waals surface area contributed by atoms with Gasteiger partial charge in [0.25, 0.3) is 0 Å². The van der Waals surface area contributed by atoms with E-state index >= 15 is 0 Å². The van der Waals surface area contributed by atoms with Gasteiger partial charge >= 0.3 is 0 Å². The Morgan fingerprint density at radius 2 is 1.58 bits per heavy atom. The van der Waals surface area contributed by atoms with Gasteiger partial charge in [0.05, 0.1) is 0 Å². The lowest BCUT2D eigenvalue weighted by Gasteiger charge is -2.43. The largest absolute Gasteiger partial charge is 0.327 e. The Balaban J connectivity index is 1.88. The van der Waals surface area contributed by atoms with Crippen LogP contribution in [-0.2, 0) is 0 Å². The zero-order valence-corrected chi connectivity index (χ0v) is 7.87. The first-order valence-corrected chi connectivity index (χ1v) is 5.51. The molecule has 2 bridgehead atoms. The summed E-state index contributed by atoms with van der Waals surface area (Å²) < 4.78 is 0. The van der Waals surface area contributed by atoms with Crippen molar-refractivity contribution in [2.75, 3.05) is 0 Å². The average Bonchev–Trinajstić information content (AvgIpc) is 2.32. The van der Waals surface area contributed by atoms with Crippen molar-refractivity contribution in [3.05, 3.63) is 0 Å². The summed E-state index contributed by atoms with van der Waals surface area (Å²) in [4.78, 5) is 0. The highest BCUT2D eigenvalue weighted by atomic mass is 14.7. The molecule has 3 rings (SSSR count). The lowest BCUT2D eigenvalue weighted by Crippen LogP contribution is -2.39. The Morgan fingerprint density at radius 3 is 2.42 bits per heavy atom. The Morgan fingerprint density at radius 1 is 0.917 bits per heavy atom. The summed E-state index contributed by atoms with van der Waals surface area (Å²) in [7, 11) is 0. The Labute approximate surface area is 74.7 Å². The van der Waals surface area contributed by atoms with Gasteiger partial charge in [-0.05, 0) is 55.3 Å². The number of hydrogen-bond acceptors (Lipinski definition) is 1. The summed E-state index contributed by atoms with van der Waals surface area (Å²) in [5.74, 6) is 4.96. The summed E-state index contributed by atoms with van der Waals surface area (Å²) in [5.41, 5.74) is 6.24. The van der Waals surface area contributed by atoms with Crippen LogP contribution in [0, 0.1) is 29.6 Å². The second-order valence-electron chi connectivity index (χ2n) is 5.44. The van der Waals surface area contributed by atoms with Crippen LogP contribution in [0.15, 0.2) is 0 Å². The average molecular weight is 165 g/mol. The predicted octanol–water partition coefficient (Wildman–Crippen LogP) is 2.02. The molecular weight excluding hydrogens is 146 g/mol. The van der Waals surface area contributed by atoms with Gasteiger partial charge in [-0.3, -0.25) is 0 Å². The van der Waals surface area contributed by atoms with E-state index in [4.69, 9.17) is 5.73 Å². The highest BCUT2D eigenvalue weighted by Crippen LogP contribution is 2.58. The van der Waals surface area contributed by atoms with Gasteiger partial charge in [0.15, 0.2) is 0 Å². The molecule has 3 saturated carbocycles. The van der Waals surface area contributed by atoms with Gasteiger partial charge in [-0.25, -0.2) is 0 Å². The lowest BCUT2D eigenvalue weighted by molar-refractivity contribution is 0.0756. The second-order valence-corrected chi connectivity index (χ2v) is 5.44. The molecule has 2 N–H and O–H groups in total. The normalized spacial score (nSPS) is 62.5. The highest BCUT2D eigenvalue weighted by molar-refractivity contribution is 5.03. The van der Waals surface area contributed by atoms with Crippen LogP contribution in [-0.4, -0.2) is 6.04 Å². The second kappa shape index (κ2) is 2.25. The van der Waals surface area contributed by atoms with Crippen molar-refractivity contribution in [2.24, 2.45) is 35.3 Å². The minimum absolute atomic E-state index is 0.530. The first-order chi connectivity index (χ1) is 5.75. The molecule has 3 aliphatic rings. The first-order valence-electron chi connectivity index (χ1n) is 5.51. The molecule has 0 saturated heterocycles. The van der Waals surface area contributed by atoms with Crippen molar-refractivity contribution >= 4 is 0 Å². The van der Waals surface area contributed by atoms with Crippen LogP contribution >= 0.6 is 0 Å². The summed E-state index contributed by atoms with van der Waals surface area (Å²) in [6.45, 7) is 2.36. The molecule has 0 radical (unpaired) electrons. The SMILES string of the molecule is CC1CC2CC3CC(CC23)C1N. The van der Waals surface area contributed by atoms with E-state index in [0.717, 1.165) is 29.6 Å².